The lowest BCUT2D eigenvalue weighted by molar-refractivity contribution is 0.242. The number of hydrogen-bond donors (Lipinski definition) is 2. The van der Waals surface area contributed by atoms with Crippen LogP contribution in [0.3, 0.4) is 0 Å². The fourth-order valence-electron chi connectivity index (χ4n) is 2.74. The van der Waals surface area contributed by atoms with Crippen LogP contribution in [0.4, 0.5) is 5.69 Å². The molecule has 146 valence electrons. The zero-order chi connectivity index (χ0) is 19.8. The molecule has 2 aromatic carbocycles. The molecule has 2 rings (SSSR count). The fourth-order valence-corrected chi connectivity index (χ4v) is 3.00. The van der Waals surface area contributed by atoms with Crippen LogP contribution in [0.2, 0.25) is 0 Å². The van der Waals surface area contributed by atoms with Crippen molar-refractivity contribution in [2.45, 2.75) is 39.3 Å². The predicted octanol–water partition coefficient (Wildman–Crippen LogP) is 4.93. The van der Waals surface area contributed by atoms with E-state index in [1.807, 2.05) is 56.3 Å². The van der Waals surface area contributed by atoms with Gasteiger partial charge in [0.15, 0.2) is 16.6 Å². The molecule has 5 nitrogen and oxygen atoms in total. The molecule has 0 aliphatic carbocycles. The Balaban J connectivity index is 2.07. The summed E-state index contributed by atoms with van der Waals surface area (Å²) in [5.41, 5.74) is 1.96. The summed E-state index contributed by atoms with van der Waals surface area (Å²) in [6, 6.07) is 13.7. The van der Waals surface area contributed by atoms with E-state index in [1.54, 1.807) is 14.2 Å². The monoisotopic (exact) mass is 388 g/mol. The van der Waals surface area contributed by atoms with E-state index in [1.165, 1.54) is 0 Å². The zero-order valence-corrected chi connectivity index (χ0v) is 17.4. The van der Waals surface area contributed by atoms with E-state index in [9.17, 15) is 0 Å². The van der Waals surface area contributed by atoms with Crippen LogP contribution in [0.1, 0.15) is 38.8 Å². The summed E-state index contributed by atoms with van der Waals surface area (Å²) < 4.78 is 16.4. The summed E-state index contributed by atoms with van der Waals surface area (Å²) in [5.74, 6) is 2.22. The summed E-state index contributed by atoms with van der Waals surface area (Å²) in [7, 11) is 3.26. The Morgan fingerprint density at radius 3 is 2.41 bits per heavy atom. The Bertz CT molecular complexity index is 765. The van der Waals surface area contributed by atoms with Crippen molar-refractivity contribution in [3.8, 4) is 17.2 Å². The lowest BCUT2D eigenvalue weighted by Gasteiger charge is -2.21. The minimum Gasteiger partial charge on any atom is -0.493 e. The molecule has 27 heavy (non-hydrogen) atoms. The van der Waals surface area contributed by atoms with Gasteiger partial charge in [0.2, 0.25) is 0 Å². The van der Waals surface area contributed by atoms with Crippen molar-refractivity contribution in [2.75, 3.05) is 19.5 Å². The van der Waals surface area contributed by atoms with Crippen LogP contribution in [-0.4, -0.2) is 25.4 Å². The molecular weight excluding hydrogens is 360 g/mol. The molecule has 0 aromatic heterocycles. The standard InChI is InChI=1S/C21H28N2O3S/c1-6-18(15-10-11-19(24-4)20(12-15)25-5)23-21(27)22-16-8-7-9-17(13-16)26-14(2)3/h7-14,18H,6H2,1-5H3,(H2,22,23,27)/t18-/m1/s1. The van der Waals surface area contributed by atoms with Gasteiger partial charge >= 0.3 is 0 Å². The van der Waals surface area contributed by atoms with E-state index >= 15 is 0 Å². The highest BCUT2D eigenvalue weighted by molar-refractivity contribution is 7.80. The van der Waals surface area contributed by atoms with Gasteiger partial charge in [-0.15, -0.1) is 0 Å². The average Bonchev–Trinajstić information content (AvgIpc) is 2.65. The molecule has 0 aliphatic rings. The van der Waals surface area contributed by atoms with Gasteiger partial charge in [-0.05, 0) is 62.3 Å². The van der Waals surface area contributed by atoms with Crippen molar-refractivity contribution in [1.82, 2.24) is 5.32 Å². The molecule has 0 bridgehead atoms. The number of benzene rings is 2. The number of methoxy groups -OCH3 is 2. The van der Waals surface area contributed by atoms with E-state index in [0.717, 1.165) is 23.4 Å². The molecule has 1 atom stereocenters. The molecular formula is C21H28N2O3S. The van der Waals surface area contributed by atoms with E-state index in [4.69, 9.17) is 26.4 Å². The molecule has 0 fully saturated rings. The Labute approximate surface area is 167 Å². The Morgan fingerprint density at radius 2 is 1.78 bits per heavy atom. The molecule has 0 amide bonds. The van der Waals surface area contributed by atoms with Gasteiger partial charge in [0.1, 0.15) is 5.75 Å². The number of thiocarbonyl (C=S) groups is 1. The lowest BCUT2D eigenvalue weighted by atomic mass is 10.0. The highest BCUT2D eigenvalue weighted by Gasteiger charge is 2.14. The largest absolute Gasteiger partial charge is 0.493 e. The predicted molar refractivity (Wildman–Crippen MR) is 114 cm³/mol. The molecule has 0 saturated carbocycles. The van der Waals surface area contributed by atoms with Crippen LogP contribution in [-0.2, 0) is 0 Å². The van der Waals surface area contributed by atoms with Crippen LogP contribution in [0.25, 0.3) is 0 Å². The maximum Gasteiger partial charge on any atom is 0.171 e. The summed E-state index contributed by atoms with van der Waals surface area (Å²) in [4.78, 5) is 0. The van der Waals surface area contributed by atoms with Crippen molar-refractivity contribution in [3.63, 3.8) is 0 Å². The van der Waals surface area contributed by atoms with Crippen molar-refractivity contribution >= 4 is 23.0 Å². The summed E-state index contributed by atoms with van der Waals surface area (Å²) in [5, 5.41) is 7.14. The first kappa shape index (κ1) is 20.8. The second-order valence-corrected chi connectivity index (χ2v) is 6.78. The zero-order valence-electron chi connectivity index (χ0n) is 16.5. The van der Waals surface area contributed by atoms with Crippen LogP contribution in [0.5, 0.6) is 17.2 Å². The molecule has 0 heterocycles. The number of hydrogen-bond acceptors (Lipinski definition) is 4. The van der Waals surface area contributed by atoms with Crippen molar-refractivity contribution in [1.29, 1.82) is 0 Å². The maximum atomic E-state index is 5.73. The number of rotatable bonds is 8. The number of ether oxygens (including phenoxy) is 3. The first-order chi connectivity index (χ1) is 13.0. The topological polar surface area (TPSA) is 51.8 Å². The second-order valence-electron chi connectivity index (χ2n) is 6.37. The third-order valence-electron chi connectivity index (χ3n) is 3.99. The molecule has 2 aromatic rings. The van der Waals surface area contributed by atoms with Gasteiger partial charge in [0.25, 0.3) is 0 Å². The summed E-state index contributed by atoms with van der Waals surface area (Å²) >= 11 is 5.50. The molecule has 0 spiro atoms. The summed E-state index contributed by atoms with van der Waals surface area (Å²) in [6.45, 7) is 6.11. The molecule has 0 aliphatic heterocycles. The lowest BCUT2D eigenvalue weighted by Crippen LogP contribution is -2.32. The van der Waals surface area contributed by atoms with E-state index < -0.39 is 0 Å². The smallest absolute Gasteiger partial charge is 0.171 e. The van der Waals surface area contributed by atoms with Crippen molar-refractivity contribution in [3.05, 3.63) is 48.0 Å². The van der Waals surface area contributed by atoms with Crippen LogP contribution >= 0.6 is 12.2 Å². The fraction of sp³-hybridized carbons (Fsp3) is 0.381. The highest BCUT2D eigenvalue weighted by Crippen LogP contribution is 2.31. The quantitative estimate of drug-likeness (QED) is 0.626. The van der Waals surface area contributed by atoms with Gasteiger partial charge in [-0.1, -0.05) is 19.1 Å². The third kappa shape index (κ3) is 6.03. The highest BCUT2D eigenvalue weighted by atomic mass is 32.1. The van der Waals surface area contributed by atoms with Gasteiger partial charge in [0.05, 0.1) is 26.4 Å². The molecule has 2 N–H and O–H groups in total. The molecule has 0 radical (unpaired) electrons. The van der Waals surface area contributed by atoms with Crippen LogP contribution < -0.4 is 24.8 Å². The third-order valence-corrected chi connectivity index (χ3v) is 4.21. The van der Waals surface area contributed by atoms with E-state index in [-0.39, 0.29) is 12.1 Å². The van der Waals surface area contributed by atoms with Crippen molar-refractivity contribution in [2.24, 2.45) is 0 Å². The molecule has 6 heteroatoms. The average molecular weight is 389 g/mol. The molecule has 0 saturated heterocycles. The Hall–Kier alpha value is -2.47. The normalized spacial score (nSPS) is 11.6. The SMILES string of the molecule is CC[C@@H](NC(=S)Nc1cccc(OC(C)C)c1)c1ccc(OC)c(OC)c1. The van der Waals surface area contributed by atoms with Crippen molar-refractivity contribution < 1.29 is 14.2 Å². The first-order valence-electron chi connectivity index (χ1n) is 9.03. The minimum atomic E-state index is 0.0555. The maximum absolute atomic E-state index is 5.73. The second kappa shape index (κ2) is 10.0. The van der Waals surface area contributed by atoms with Gasteiger partial charge in [0, 0.05) is 11.8 Å². The van der Waals surface area contributed by atoms with Gasteiger partial charge in [-0.2, -0.15) is 0 Å². The number of nitrogens with one attached hydrogen (secondary N) is 2. The molecule has 0 unspecified atom stereocenters. The summed E-state index contributed by atoms with van der Waals surface area (Å²) in [6.07, 6.45) is 0.994. The van der Waals surface area contributed by atoms with Crippen LogP contribution in [0, 0.1) is 0 Å². The number of anilines is 1. The first-order valence-corrected chi connectivity index (χ1v) is 9.43. The van der Waals surface area contributed by atoms with Gasteiger partial charge in [-0.3, -0.25) is 0 Å². The Kier molecular flexibility index (Phi) is 7.73. The van der Waals surface area contributed by atoms with E-state index in [0.29, 0.717) is 16.6 Å². The minimum absolute atomic E-state index is 0.0555. The Morgan fingerprint density at radius 1 is 1.04 bits per heavy atom. The van der Waals surface area contributed by atoms with Gasteiger partial charge < -0.3 is 24.8 Å². The van der Waals surface area contributed by atoms with Crippen LogP contribution in [0.15, 0.2) is 42.5 Å². The van der Waals surface area contributed by atoms with Gasteiger partial charge in [-0.25, -0.2) is 0 Å². The van der Waals surface area contributed by atoms with E-state index in [2.05, 4.69) is 17.6 Å².